The Kier molecular flexibility index (Phi) is 2.86. The molecule has 0 saturated carbocycles. The predicted molar refractivity (Wildman–Crippen MR) is 88.2 cm³/mol. The van der Waals surface area contributed by atoms with E-state index in [2.05, 4.69) is 30.2 Å². The van der Waals surface area contributed by atoms with Crippen LogP contribution >= 0.6 is 0 Å². The number of methoxy groups -OCH3 is 1. The number of likely N-dealkylation sites (tertiary alicyclic amines) is 1. The molecule has 2 heterocycles. The number of likely N-dealkylation sites (N-methyl/N-ethyl adjacent to an activating group) is 1. The molecule has 0 spiro atoms. The number of aliphatic hydroxyl groups is 1. The first-order valence-corrected chi connectivity index (χ1v) is 8.42. The monoisotopic (exact) mass is 327 g/mol. The van der Waals surface area contributed by atoms with Crippen molar-refractivity contribution in [2.24, 2.45) is 0 Å². The molecule has 24 heavy (non-hydrogen) atoms. The Bertz CT molecular complexity index is 784. The van der Waals surface area contributed by atoms with Crippen molar-refractivity contribution >= 4 is 0 Å². The summed E-state index contributed by atoms with van der Waals surface area (Å²) in [5.74, 6) is 2.29. The van der Waals surface area contributed by atoms with Crippen LogP contribution in [0.2, 0.25) is 0 Å². The molecular weight excluding hydrogens is 306 g/mol. The van der Waals surface area contributed by atoms with Crippen LogP contribution in [0, 0.1) is 0 Å². The summed E-state index contributed by atoms with van der Waals surface area (Å²) in [6, 6.07) is 4.57. The zero-order valence-corrected chi connectivity index (χ0v) is 13.9. The molecule has 3 atom stereocenters. The lowest BCUT2D eigenvalue weighted by atomic mass is 9.58. The van der Waals surface area contributed by atoms with Crippen molar-refractivity contribution in [1.82, 2.24) is 4.90 Å². The van der Waals surface area contributed by atoms with Gasteiger partial charge >= 0.3 is 0 Å². The molecule has 126 valence electrons. The summed E-state index contributed by atoms with van der Waals surface area (Å²) < 4.78 is 16.7. The summed E-state index contributed by atoms with van der Waals surface area (Å²) in [5.41, 5.74) is 3.65. The van der Waals surface area contributed by atoms with Crippen LogP contribution in [0.15, 0.2) is 35.6 Å². The Balaban J connectivity index is 1.77. The molecule has 5 heteroatoms. The molecule has 0 amide bonds. The Labute approximate surface area is 141 Å². The topological polar surface area (TPSA) is 51.2 Å². The number of hydrogen-bond donors (Lipinski definition) is 1. The lowest BCUT2D eigenvalue weighted by Gasteiger charge is -2.53. The van der Waals surface area contributed by atoms with E-state index in [0.717, 1.165) is 30.9 Å². The van der Waals surface area contributed by atoms with Crippen LogP contribution < -0.4 is 9.47 Å². The number of benzene rings is 1. The van der Waals surface area contributed by atoms with E-state index in [1.807, 2.05) is 6.08 Å². The number of allylic oxidation sites excluding steroid dienone is 1. The van der Waals surface area contributed by atoms with Crippen molar-refractivity contribution < 1.29 is 19.3 Å². The van der Waals surface area contributed by atoms with Crippen LogP contribution in [-0.2, 0) is 16.6 Å². The van der Waals surface area contributed by atoms with E-state index in [1.54, 1.807) is 7.11 Å². The minimum absolute atomic E-state index is 0.212. The third-order valence-corrected chi connectivity index (χ3v) is 6.01. The van der Waals surface area contributed by atoms with E-state index in [-0.39, 0.29) is 12.2 Å². The smallest absolute Gasteiger partial charge is 0.231 e. The Hall–Kier alpha value is -1.98. The molecule has 5 nitrogen and oxygen atoms in total. The van der Waals surface area contributed by atoms with Gasteiger partial charge in [0.1, 0.15) is 11.9 Å². The highest BCUT2D eigenvalue weighted by Gasteiger charge is 2.50. The maximum Gasteiger partial charge on any atom is 0.231 e. The van der Waals surface area contributed by atoms with Gasteiger partial charge in [0, 0.05) is 11.5 Å². The van der Waals surface area contributed by atoms with Crippen molar-refractivity contribution in [3.05, 3.63) is 46.7 Å². The molecule has 4 aliphatic rings. The molecule has 2 aliphatic carbocycles. The first-order valence-electron chi connectivity index (χ1n) is 8.42. The second-order valence-electron chi connectivity index (χ2n) is 7.10. The zero-order chi connectivity index (χ0) is 16.5. The number of aliphatic hydroxyl groups excluding tert-OH is 1. The highest BCUT2D eigenvalue weighted by molar-refractivity contribution is 5.61. The maximum atomic E-state index is 10.4. The molecule has 0 radical (unpaired) electrons. The van der Waals surface area contributed by atoms with Crippen LogP contribution in [0.3, 0.4) is 0 Å². The Morgan fingerprint density at radius 1 is 1.29 bits per heavy atom. The van der Waals surface area contributed by atoms with Gasteiger partial charge in [-0.1, -0.05) is 0 Å². The van der Waals surface area contributed by atoms with Crippen molar-refractivity contribution in [2.75, 3.05) is 27.5 Å². The van der Waals surface area contributed by atoms with Gasteiger partial charge in [0.05, 0.1) is 7.11 Å². The molecule has 1 saturated heterocycles. The summed E-state index contributed by atoms with van der Waals surface area (Å²) in [7, 11) is 3.79. The number of ether oxygens (including phenoxy) is 3. The quantitative estimate of drug-likeness (QED) is 0.797. The first-order chi connectivity index (χ1) is 11.6. The van der Waals surface area contributed by atoms with Crippen LogP contribution in [0.1, 0.15) is 17.5 Å². The van der Waals surface area contributed by atoms with E-state index in [1.165, 1.54) is 16.7 Å². The number of fused-ring (bicyclic) bond motifs is 2. The molecular formula is C19H21NO4. The fourth-order valence-electron chi connectivity index (χ4n) is 4.77. The van der Waals surface area contributed by atoms with Crippen molar-refractivity contribution in [3.63, 3.8) is 0 Å². The fourth-order valence-corrected chi connectivity index (χ4v) is 4.77. The molecule has 1 aromatic carbocycles. The summed E-state index contributed by atoms with van der Waals surface area (Å²) in [6.07, 6.45) is 5.36. The van der Waals surface area contributed by atoms with E-state index >= 15 is 0 Å². The summed E-state index contributed by atoms with van der Waals surface area (Å²) in [4.78, 5) is 2.38. The van der Waals surface area contributed by atoms with Gasteiger partial charge in [-0.2, -0.15) is 0 Å². The fraction of sp³-hybridized carbons (Fsp3) is 0.474. The third kappa shape index (κ3) is 1.71. The largest absolute Gasteiger partial charge is 0.498 e. The molecule has 3 unspecified atom stereocenters. The minimum Gasteiger partial charge on any atom is -0.498 e. The molecule has 0 aromatic heterocycles. The highest BCUT2D eigenvalue weighted by atomic mass is 16.7. The average Bonchev–Trinajstić information content (AvgIpc) is 3.04. The summed E-state index contributed by atoms with van der Waals surface area (Å²) in [5, 5.41) is 10.4. The maximum absolute atomic E-state index is 10.4. The van der Waals surface area contributed by atoms with Gasteiger partial charge in [-0.05, 0) is 67.4 Å². The molecule has 1 N–H and O–H groups in total. The number of rotatable bonds is 1. The second kappa shape index (κ2) is 4.77. The number of nitrogens with zero attached hydrogens (tertiary/aromatic N) is 1. The number of hydrogen-bond acceptors (Lipinski definition) is 5. The molecule has 1 fully saturated rings. The van der Waals surface area contributed by atoms with Gasteiger partial charge in [0.25, 0.3) is 0 Å². The first kappa shape index (κ1) is 14.4. The van der Waals surface area contributed by atoms with Crippen LogP contribution in [0.5, 0.6) is 11.5 Å². The lowest BCUT2D eigenvalue weighted by Crippen LogP contribution is -2.54. The predicted octanol–water partition coefficient (Wildman–Crippen LogP) is 1.74. The third-order valence-electron chi connectivity index (χ3n) is 6.01. The van der Waals surface area contributed by atoms with Crippen LogP contribution in [0.25, 0.3) is 0 Å². The van der Waals surface area contributed by atoms with Gasteiger partial charge in [-0.3, -0.25) is 4.90 Å². The number of piperidine rings is 1. The standard InChI is InChI=1S/C19H21NO4/c1-20-4-3-19-9-18(22-2)15(21)7-13(19)14(20)5-11-6-16-17(8-12(11)19)24-10-23-16/h6-9,14-15,21H,3-5,10H2,1-2H3. The average molecular weight is 327 g/mol. The Morgan fingerprint density at radius 2 is 2.08 bits per heavy atom. The summed E-state index contributed by atoms with van der Waals surface area (Å²) >= 11 is 0. The van der Waals surface area contributed by atoms with Crippen molar-refractivity contribution in [3.8, 4) is 11.5 Å². The lowest BCUT2D eigenvalue weighted by molar-refractivity contribution is 0.132. The normalized spacial score (nSPS) is 33.3. The van der Waals surface area contributed by atoms with E-state index in [9.17, 15) is 5.11 Å². The SMILES string of the molecule is COC1=CC23CCN(C)C(Cc4cc5c(cc42)OCO5)C3=CC1O. The van der Waals surface area contributed by atoms with Gasteiger partial charge in [-0.15, -0.1) is 0 Å². The van der Waals surface area contributed by atoms with Gasteiger partial charge in [0.15, 0.2) is 11.5 Å². The van der Waals surface area contributed by atoms with Crippen LogP contribution in [0.4, 0.5) is 0 Å². The Morgan fingerprint density at radius 3 is 2.88 bits per heavy atom. The zero-order valence-electron chi connectivity index (χ0n) is 13.9. The van der Waals surface area contributed by atoms with Crippen molar-refractivity contribution in [1.29, 1.82) is 0 Å². The highest BCUT2D eigenvalue weighted by Crippen LogP contribution is 2.54. The molecule has 1 aromatic rings. The second-order valence-corrected chi connectivity index (χ2v) is 7.10. The van der Waals surface area contributed by atoms with Crippen molar-refractivity contribution in [2.45, 2.75) is 30.4 Å². The molecule has 2 bridgehead atoms. The van der Waals surface area contributed by atoms with Gasteiger partial charge in [0.2, 0.25) is 6.79 Å². The van der Waals surface area contributed by atoms with E-state index < -0.39 is 6.10 Å². The van der Waals surface area contributed by atoms with Crippen LogP contribution in [-0.4, -0.2) is 49.6 Å². The van der Waals surface area contributed by atoms with E-state index in [4.69, 9.17) is 14.2 Å². The van der Waals surface area contributed by atoms with E-state index in [0.29, 0.717) is 11.8 Å². The molecule has 2 aliphatic heterocycles. The summed E-state index contributed by atoms with van der Waals surface area (Å²) in [6.45, 7) is 1.30. The minimum atomic E-state index is -0.664. The van der Waals surface area contributed by atoms with Gasteiger partial charge < -0.3 is 19.3 Å². The van der Waals surface area contributed by atoms with Gasteiger partial charge in [-0.25, -0.2) is 0 Å². The molecule has 5 rings (SSSR count).